The summed E-state index contributed by atoms with van der Waals surface area (Å²) < 4.78 is 11.1. The van der Waals surface area contributed by atoms with Crippen molar-refractivity contribution in [1.82, 2.24) is 4.90 Å². The quantitative estimate of drug-likeness (QED) is 0.870. The van der Waals surface area contributed by atoms with Gasteiger partial charge in [0.25, 0.3) is 5.91 Å². The number of amides is 1. The first-order valence-corrected chi connectivity index (χ1v) is 7.58. The zero-order chi connectivity index (χ0) is 15.2. The van der Waals surface area contributed by atoms with Crippen molar-refractivity contribution in [2.45, 2.75) is 20.3 Å². The van der Waals surface area contributed by atoms with Crippen LogP contribution in [0.1, 0.15) is 30.6 Å². The van der Waals surface area contributed by atoms with Gasteiger partial charge in [-0.1, -0.05) is 0 Å². The number of hydrogen-bond acceptors (Lipinski definition) is 4. The molecule has 1 aromatic rings. The standard InChI is InChI=1S/C16H24N2O3/c1-3-20-14-6-5-13(9-15(14)21-4-2)16(19)18-8-7-12(10-17)11-18/h5-6,9,12H,3-4,7-8,10-11,17H2,1-2H3. The topological polar surface area (TPSA) is 64.8 Å². The number of ether oxygens (including phenoxy) is 2. The van der Waals surface area contributed by atoms with Gasteiger partial charge in [0.05, 0.1) is 13.2 Å². The van der Waals surface area contributed by atoms with Gasteiger partial charge in [0.2, 0.25) is 0 Å². The number of hydrogen-bond donors (Lipinski definition) is 1. The number of carbonyl (C=O) groups is 1. The molecule has 0 aliphatic carbocycles. The highest BCUT2D eigenvalue weighted by Crippen LogP contribution is 2.29. The van der Waals surface area contributed by atoms with Crippen molar-refractivity contribution in [1.29, 1.82) is 0 Å². The molecule has 1 atom stereocenters. The highest BCUT2D eigenvalue weighted by atomic mass is 16.5. The number of rotatable bonds is 6. The maximum atomic E-state index is 12.5. The van der Waals surface area contributed by atoms with Crippen LogP contribution in [0.25, 0.3) is 0 Å². The Bertz CT molecular complexity index is 490. The zero-order valence-corrected chi connectivity index (χ0v) is 12.8. The molecule has 1 aliphatic heterocycles. The summed E-state index contributed by atoms with van der Waals surface area (Å²) in [5, 5.41) is 0. The molecule has 1 aliphatic rings. The molecule has 5 nitrogen and oxygen atoms in total. The van der Waals surface area contributed by atoms with Crippen molar-refractivity contribution < 1.29 is 14.3 Å². The van der Waals surface area contributed by atoms with E-state index in [1.165, 1.54) is 0 Å². The average Bonchev–Trinajstić information content (AvgIpc) is 2.98. The molecule has 0 aromatic heterocycles. The van der Waals surface area contributed by atoms with E-state index in [1.807, 2.05) is 18.7 Å². The van der Waals surface area contributed by atoms with Gasteiger partial charge >= 0.3 is 0 Å². The highest BCUT2D eigenvalue weighted by molar-refractivity contribution is 5.95. The Hall–Kier alpha value is -1.75. The van der Waals surface area contributed by atoms with Crippen LogP contribution in [-0.4, -0.2) is 43.7 Å². The van der Waals surface area contributed by atoms with E-state index in [2.05, 4.69) is 0 Å². The number of benzene rings is 1. The second-order valence-electron chi connectivity index (χ2n) is 5.17. The molecule has 2 N–H and O–H groups in total. The van der Waals surface area contributed by atoms with Crippen LogP contribution in [0.2, 0.25) is 0 Å². The Morgan fingerprint density at radius 1 is 1.29 bits per heavy atom. The van der Waals surface area contributed by atoms with E-state index in [-0.39, 0.29) is 5.91 Å². The molecular weight excluding hydrogens is 268 g/mol. The minimum Gasteiger partial charge on any atom is -0.490 e. The summed E-state index contributed by atoms with van der Waals surface area (Å²) in [5.41, 5.74) is 6.32. The number of nitrogens with two attached hydrogens (primary N) is 1. The molecule has 21 heavy (non-hydrogen) atoms. The molecule has 1 fully saturated rings. The molecule has 1 aromatic carbocycles. The van der Waals surface area contributed by atoms with E-state index in [9.17, 15) is 4.79 Å². The van der Waals surface area contributed by atoms with Crippen LogP contribution in [0.4, 0.5) is 0 Å². The molecule has 0 saturated carbocycles. The fraction of sp³-hybridized carbons (Fsp3) is 0.562. The van der Waals surface area contributed by atoms with Crippen molar-refractivity contribution in [3.63, 3.8) is 0 Å². The van der Waals surface area contributed by atoms with E-state index in [1.54, 1.807) is 18.2 Å². The van der Waals surface area contributed by atoms with Gasteiger partial charge in [0, 0.05) is 18.7 Å². The third-order valence-electron chi connectivity index (χ3n) is 3.70. The summed E-state index contributed by atoms with van der Waals surface area (Å²) in [7, 11) is 0. The SMILES string of the molecule is CCOc1ccc(C(=O)N2CCC(CN)C2)cc1OCC. The van der Waals surface area contributed by atoms with Crippen LogP contribution in [0.3, 0.4) is 0 Å². The summed E-state index contributed by atoms with van der Waals surface area (Å²) in [6.45, 7) is 7.10. The lowest BCUT2D eigenvalue weighted by Crippen LogP contribution is -2.29. The predicted octanol–water partition coefficient (Wildman–Crippen LogP) is 1.90. The molecular formula is C16H24N2O3. The van der Waals surface area contributed by atoms with Crippen molar-refractivity contribution in [2.75, 3.05) is 32.8 Å². The van der Waals surface area contributed by atoms with Gasteiger partial charge < -0.3 is 20.1 Å². The maximum absolute atomic E-state index is 12.5. The van der Waals surface area contributed by atoms with Crippen LogP contribution in [0.5, 0.6) is 11.5 Å². The summed E-state index contributed by atoms with van der Waals surface area (Å²) in [4.78, 5) is 14.4. The monoisotopic (exact) mass is 292 g/mol. The van der Waals surface area contributed by atoms with Gasteiger partial charge in [0.15, 0.2) is 11.5 Å². The smallest absolute Gasteiger partial charge is 0.254 e. The second-order valence-corrected chi connectivity index (χ2v) is 5.17. The summed E-state index contributed by atoms with van der Waals surface area (Å²) >= 11 is 0. The van der Waals surface area contributed by atoms with Gasteiger partial charge in [-0.3, -0.25) is 4.79 Å². The van der Waals surface area contributed by atoms with E-state index in [0.717, 1.165) is 19.5 Å². The van der Waals surface area contributed by atoms with E-state index < -0.39 is 0 Å². The van der Waals surface area contributed by atoms with E-state index >= 15 is 0 Å². The molecule has 1 amide bonds. The van der Waals surface area contributed by atoms with Gasteiger partial charge in [-0.25, -0.2) is 0 Å². The van der Waals surface area contributed by atoms with Crippen molar-refractivity contribution in [3.8, 4) is 11.5 Å². The van der Waals surface area contributed by atoms with Crippen molar-refractivity contribution in [3.05, 3.63) is 23.8 Å². The molecule has 2 rings (SSSR count). The van der Waals surface area contributed by atoms with Crippen molar-refractivity contribution >= 4 is 5.91 Å². The summed E-state index contributed by atoms with van der Waals surface area (Å²) in [6, 6.07) is 5.37. The normalized spacial score (nSPS) is 17.9. The van der Waals surface area contributed by atoms with Gasteiger partial charge in [0.1, 0.15) is 0 Å². The fourth-order valence-corrected chi connectivity index (χ4v) is 2.58. The first-order chi connectivity index (χ1) is 10.2. The van der Waals surface area contributed by atoms with Crippen LogP contribution in [0, 0.1) is 5.92 Å². The lowest BCUT2D eigenvalue weighted by atomic mass is 10.1. The first kappa shape index (κ1) is 15.6. The number of carbonyl (C=O) groups excluding carboxylic acids is 1. The first-order valence-electron chi connectivity index (χ1n) is 7.58. The summed E-state index contributed by atoms with van der Waals surface area (Å²) in [5.74, 6) is 1.76. The molecule has 5 heteroatoms. The maximum Gasteiger partial charge on any atom is 0.254 e. The van der Waals surface area contributed by atoms with E-state index in [0.29, 0.717) is 42.7 Å². The zero-order valence-electron chi connectivity index (χ0n) is 12.8. The molecule has 116 valence electrons. The van der Waals surface area contributed by atoms with Crippen molar-refractivity contribution in [2.24, 2.45) is 11.7 Å². The van der Waals surface area contributed by atoms with Crippen LogP contribution >= 0.6 is 0 Å². The average molecular weight is 292 g/mol. The Morgan fingerprint density at radius 2 is 2.00 bits per heavy atom. The minimum atomic E-state index is 0.0370. The second kappa shape index (κ2) is 7.31. The van der Waals surface area contributed by atoms with Crippen LogP contribution in [0.15, 0.2) is 18.2 Å². The highest BCUT2D eigenvalue weighted by Gasteiger charge is 2.26. The molecule has 1 heterocycles. The number of likely N-dealkylation sites (tertiary alicyclic amines) is 1. The fourth-order valence-electron chi connectivity index (χ4n) is 2.58. The number of nitrogens with zero attached hydrogens (tertiary/aromatic N) is 1. The van der Waals surface area contributed by atoms with Gasteiger partial charge in [-0.15, -0.1) is 0 Å². The van der Waals surface area contributed by atoms with E-state index in [4.69, 9.17) is 15.2 Å². The molecule has 0 spiro atoms. The van der Waals surface area contributed by atoms with Gasteiger partial charge in [-0.2, -0.15) is 0 Å². The molecule has 1 unspecified atom stereocenters. The Balaban J connectivity index is 2.15. The predicted molar refractivity (Wildman–Crippen MR) is 81.8 cm³/mol. The molecule has 1 saturated heterocycles. The lowest BCUT2D eigenvalue weighted by molar-refractivity contribution is 0.0787. The van der Waals surface area contributed by atoms with Gasteiger partial charge in [-0.05, 0) is 50.9 Å². The minimum absolute atomic E-state index is 0.0370. The molecule has 0 bridgehead atoms. The largest absolute Gasteiger partial charge is 0.490 e. The third kappa shape index (κ3) is 3.67. The Labute approximate surface area is 126 Å². The molecule has 0 radical (unpaired) electrons. The van der Waals surface area contributed by atoms with Crippen LogP contribution in [-0.2, 0) is 0 Å². The Morgan fingerprint density at radius 3 is 2.62 bits per heavy atom. The third-order valence-corrected chi connectivity index (χ3v) is 3.70. The van der Waals surface area contributed by atoms with Crippen LogP contribution < -0.4 is 15.2 Å². The lowest BCUT2D eigenvalue weighted by Gasteiger charge is -2.18. The Kier molecular flexibility index (Phi) is 5.44. The summed E-state index contributed by atoms with van der Waals surface area (Å²) in [6.07, 6.45) is 0.984.